The Bertz CT molecular complexity index is 862. The molecule has 0 saturated heterocycles. The summed E-state index contributed by atoms with van der Waals surface area (Å²) in [5.41, 5.74) is 2.14. The highest BCUT2D eigenvalue weighted by atomic mass is 127. The second-order valence-corrected chi connectivity index (χ2v) is 6.53. The average Bonchev–Trinajstić information content (AvgIpc) is 2.54. The summed E-state index contributed by atoms with van der Waals surface area (Å²) in [4.78, 5) is 1.63. The fourth-order valence-corrected chi connectivity index (χ4v) is 3.34. The van der Waals surface area contributed by atoms with Gasteiger partial charge in [-0.3, -0.25) is 0 Å². The monoisotopic (exact) mass is 439 g/mol. The van der Waals surface area contributed by atoms with Gasteiger partial charge in [-0.05, 0) is 34.2 Å². The standard InChI is InChI=1S/C19H13F3IN/c1-11-17(23)10-14(12-6-4-3-5-7-12)19(24(11)2)18-15(21)8-13(20)9-16(18)22/h3-10H,1H2,2H3. The molecule has 1 aliphatic rings. The molecule has 0 amide bonds. The number of hydrogen-bond acceptors (Lipinski definition) is 1. The number of halogens is 4. The van der Waals surface area contributed by atoms with Crippen molar-refractivity contribution in [3.63, 3.8) is 0 Å². The lowest BCUT2D eigenvalue weighted by Crippen LogP contribution is -2.22. The maximum absolute atomic E-state index is 14.4. The molecule has 0 fully saturated rings. The highest BCUT2D eigenvalue weighted by molar-refractivity contribution is 14.1. The van der Waals surface area contributed by atoms with E-state index in [2.05, 4.69) is 29.2 Å². The molecule has 0 radical (unpaired) electrons. The van der Waals surface area contributed by atoms with Crippen LogP contribution in [-0.2, 0) is 0 Å². The van der Waals surface area contributed by atoms with Gasteiger partial charge in [-0.25, -0.2) is 13.2 Å². The summed E-state index contributed by atoms with van der Waals surface area (Å²) in [6.07, 6.45) is 1.83. The van der Waals surface area contributed by atoms with Crippen LogP contribution in [0.1, 0.15) is 11.1 Å². The number of rotatable bonds is 2. The summed E-state index contributed by atoms with van der Waals surface area (Å²) in [6, 6.07) is 10.7. The molecule has 1 nitrogen and oxygen atoms in total. The second kappa shape index (κ2) is 6.47. The summed E-state index contributed by atoms with van der Waals surface area (Å²) in [5, 5.41) is 0. The Morgan fingerprint density at radius 3 is 2.17 bits per heavy atom. The van der Waals surface area contributed by atoms with Crippen molar-refractivity contribution < 1.29 is 13.2 Å². The van der Waals surface area contributed by atoms with Crippen molar-refractivity contribution in [1.29, 1.82) is 0 Å². The molecular formula is C19H13F3IN. The van der Waals surface area contributed by atoms with Crippen LogP contribution in [-0.4, -0.2) is 11.9 Å². The minimum Gasteiger partial charge on any atom is -0.343 e. The Morgan fingerprint density at radius 1 is 1.00 bits per heavy atom. The third-order valence-electron chi connectivity index (χ3n) is 3.87. The van der Waals surface area contributed by atoms with Crippen LogP contribution in [0.4, 0.5) is 13.2 Å². The van der Waals surface area contributed by atoms with Gasteiger partial charge in [-0.2, -0.15) is 0 Å². The van der Waals surface area contributed by atoms with Crippen molar-refractivity contribution in [1.82, 2.24) is 4.90 Å². The van der Waals surface area contributed by atoms with Crippen molar-refractivity contribution in [2.75, 3.05) is 7.05 Å². The minimum atomic E-state index is -0.946. The molecule has 0 atom stereocenters. The van der Waals surface area contributed by atoms with E-state index in [0.717, 1.165) is 9.14 Å². The molecule has 0 aromatic heterocycles. The molecule has 0 aliphatic carbocycles. The predicted octanol–water partition coefficient (Wildman–Crippen LogP) is 5.75. The number of likely N-dealkylation sites (N-methyl/N-ethyl adjacent to an activating group) is 1. The fourth-order valence-electron chi connectivity index (χ4n) is 2.66. The van der Waals surface area contributed by atoms with E-state index >= 15 is 0 Å². The normalized spacial score (nSPS) is 15.0. The zero-order valence-corrected chi connectivity index (χ0v) is 14.9. The van der Waals surface area contributed by atoms with Gasteiger partial charge in [0.2, 0.25) is 0 Å². The lowest BCUT2D eigenvalue weighted by molar-refractivity contribution is 0.525. The number of benzene rings is 2. The second-order valence-electron chi connectivity index (χ2n) is 5.37. The van der Waals surface area contributed by atoms with Crippen molar-refractivity contribution in [3.05, 3.63) is 93.0 Å². The Labute approximate surface area is 151 Å². The first-order valence-corrected chi connectivity index (χ1v) is 8.23. The fraction of sp³-hybridized carbons (Fsp3) is 0.0526. The smallest absolute Gasteiger partial charge is 0.138 e. The van der Waals surface area contributed by atoms with Crippen molar-refractivity contribution >= 4 is 33.9 Å². The van der Waals surface area contributed by atoms with Gasteiger partial charge in [0.25, 0.3) is 0 Å². The summed E-state index contributed by atoms with van der Waals surface area (Å²) in [5.74, 6) is -2.83. The first-order valence-electron chi connectivity index (χ1n) is 7.15. The molecule has 0 bridgehead atoms. The molecule has 0 spiro atoms. The summed E-state index contributed by atoms with van der Waals surface area (Å²) < 4.78 is 42.9. The van der Waals surface area contributed by atoms with Crippen LogP contribution in [0.15, 0.2) is 64.4 Å². The van der Waals surface area contributed by atoms with E-state index in [4.69, 9.17) is 0 Å². The quantitative estimate of drug-likeness (QED) is 0.539. The van der Waals surface area contributed by atoms with Gasteiger partial charge in [0, 0.05) is 34.0 Å². The van der Waals surface area contributed by atoms with E-state index in [1.54, 1.807) is 11.9 Å². The molecule has 0 saturated carbocycles. The van der Waals surface area contributed by atoms with Gasteiger partial charge in [0.15, 0.2) is 0 Å². The van der Waals surface area contributed by atoms with Gasteiger partial charge in [0.1, 0.15) is 17.5 Å². The topological polar surface area (TPSA) is 3.24 Å². The first kappa shape index (κ1) is 16.8. The van der Waals surface area contributed by atoms with Crippen LogP contribution in [0.2, 0.25) is 0 Å². The Hall–Kier alpha value is -2.02. The van der Waals surface area contributed by atoms with Gasteiger partial charge in [-0.15, -0.1) is 0 Å². The number of allylic oxidation sites excluding steroid dienone is 3. The van der Waals surface area contributed by atoms with Gasteiger partial charge < -0.3 is 4.90 Å². The van der Waals surface area contributed by atoms with Crippen molar-refractivity contribution in [2.45, 2.75) is 0 Å². The maximum Gasteiger partial charge on any atom is 0.138 e. The minimum absolute atomic E-state index is 0.265. The lowest BCUT2D eigenvalue weighted by atomic mass is 9.94. The average molecular weight is 439 g/mol. The Kier molecular flexibility index (Phi) is 4.54. The molecule has 2 aromatic carbocycles. The summed E-state index contributed by atoms with van der Waals surface area (Å²) >= 11 is 2.13. The maximum atomic E-state index is 14.4. The van der Waals surface area contributed by atoms with Crippen LogP contribution in [0.25, 0.3) is 11.3 Å². The van der Waals surface area contributed by atoms with Crippen LogP contribution >= 0.6 is 22.6 Å². The van der Waals surface area contributed by atoms with Gasteiger partial charge in [0.05, 0.1) is 11.3 Å². The van der Waals surface area contributed by atoms with E-state index in [9.17, 15) is 13.2 Å². The molecule has 0 N–H and O–H groups in total. The summed E-state index contributed by atoms with van der Waals surface area (Å²) in [6.45, 7) is 3.95. The van der Waals surface area contributed by atoms with Gasteiger partial charge in [-0.1, -0.05) is 36.9 Å². The van der Waals surface area contributed by atoms with E-state index in [1.165, 1.54) is 0 Å². The highest BCUT2D eigenvalue weighted by Gasteiger charge is 2.27. The molecule has 1 aliphatic heterocycles. The first-order chi connectivity index (χ1) is 11.4. The zero-order chi connectivity index (χ0) is 17.4. The predicted molar refractivity (Wildman–Crippen MR) is 98.6 cm³/mol. The molecule has 5 heteroatoms. The number of nitrogens with zero attached hydrogens (tertiary/aromatic N) is 1. The van der Waals surface area contributed by atoms with Gasteiger partial charge >= 0.3 is 0 Å². The van der Waals surface area contributed by atoms with Crippen LogP contribution < -0.4 is 0 Å². The van der Waals surface area contributed by atoms with Crippen LogP contribution in [0.3, 0.4) is 0 Å². The molecule has 0 unspecified atom stereocenters. The molecule has 24 heavy (non-hydrogen) atoms. The molecule has 2 aromatic rings. The van der Waals surface area contributed by atoms with Crippen LogP contribution in [0.5, 0.6) is 0 Å². The van der Waals surface area contributed by atoms with Crippen molar-refractivity contribution in [3.8, 4) is 0 Å². The third kappa shape index (κ3) is 2.88. The summed E-state index contributed by atoms with van der Waals surface area (Å²) in [7, 11) is 1.69. The van der Waals surface area contributed by atoms with E-state index in [1.807, 2.05) is 36.4 Å². The highest BCUT2D eigenvalue weighted by Crippen LogP contribution is 2.41. The van der Waals surface area contributed by atoms with E-state index in [0.29, 0.717) is 29.1 Å². The molecule has 1 heterocycles. The SMILES string of the molecule is C=C1C(I)=CC(c2ccccc2)=C(c2c(F)cc(F)cc2F)N1C. The van der Waals surface area contributed by atoms with E-state index in [-0.39, 0.29) is 5.56 Å². The largest absolute Gasteiger partial charge is 0.343 e. The zero-order valence-electron chi connectivity index (χ0n) is 12.8. The molecular weight excluding hydrogens is 426 g/mol. The third-order valence-corrected chi connectivity index (χ3v) is 4.80. The van der Waals surface area contributed by atoms with E-state index < -0.39 is 17.5 Å². The Morgan fingerprint density at radius 2 is 1.58 bits per heavy atom. The lowest BCUT2D eigenvalue weighted by Gasteiger charge is -2.31. The molecule has 3 rings (SSSR count). The molecule has 122 valence electrons. The number of hydrogen-bond donors (Lipinski definition) is 0. The Balaban J connectivity index is 2.36. The van der Waals surface area contributed by atoms with Crippen molar-refractivity contribution in [2.24, 2.45) is 0 Å². The van der Waals surface area contributed by atoms with Crippen LogP contribution in [0, 0.1) is 17.5 Å².